The number of non-ortho nitro benzene ring substituents is 1. The van der Waals surface area contributed by atoms with Crippen LogP contribution in [0.2, 0.25) is 0 Å². The molecule has 1 aliphatic heterocycles. The number of nitro groups is 1. The Hall–Kier alpha value is -4.32. The number of nitro benzene ring substituents is 1. The van der Waals surface area contributed by atoms with Crippen molar-refractivity contribution in [1.29, 1.82) is 0 Å². The molecule has 3 aromatic rings. The third-order valence-electron chi connectivity index (χ3n) is 4.92. The molecule has 34 heavy (non-hydrogen) atoms. The number of carbonyl (C=O) groups is 2. The Labute approximate surface area is 195 Å². The maximum atomic E-state index is 13.2. The number of thiocarbonyl (C=S) groups is 1. The lowest BCUT2D eigenvalue weighted by Gasteiger charge is -2.29. The van der Waals surface area contributed by atoms with Gasteiger partial charge in [0.05, 0.1) is 21.9 Å². The number of nitrogens with zero attached hydrogens (tertiary/aromatic N) is 3. The van der Waals surface area contributed by atoms with Crippen molar-refractivity contribution < 1.29 is 27.7 Å². The fourth-order valence-electron chi connectivity index (χ4n) is 3.36. The van der Waals surface area contributed by atoms with Crippen molar-refractivity contribution in [1.82, 2.24) is 9.88 Å². The molecule has 0 bridgehead atoms. The van der Waals surface area contributed by atoms with E-state index in [0.29, 0.717) is 11.4 Å². The summed E-state index contributed by atoms with van der Waals surface area (Å²) in [6, 6.07) is 12.9. The second-order valence-electron chi connectivity index (χ2n) is 7.09. The first kappa shape index (κ1) is 22.9. The highest BCUT2D eigenvalue weighted by Gasteiger charge is 2.36. The van der Waals surface area contributed by atoms with E-state index in [2.05, 4.69) is 5.32 Å². The van der Waals surface area contributed by atoms with Gasteiger partial charge in [0, 0.05) is 24.0 Å². The van der Waals surface area contributed by atoms with E-state index in [9.17, 15) is 32.9 Å². The lowest BCUT2D eigenvalue weighted by atomic mass is 10.1. The lowest BCUT2D eigenvalue weighted by Crippen LogP contribution is -2.54. The lowest BCUT2D eigenvalue weighted by molar-refractivity contribution is -0.384. The van der Waals surface area contributed by atoms with Crippen LogP contribution in [0.1, 0.15) is 11.3 Å². The third kappa shape index (κ3) is 4.30. The first-order valence-corrected chi connectivity index (χ1v) is 9.98. The van der Waals surface area contributed by atoms with E-state index in [0.717, 1.165) is 23.1 Å². The highest BCUT2D eigenvalue weighted by Crippen LogP contribution is 2.33. The summed E-state index contributed by atoms with van der Waals surface area (Å²) in [7, 11) is 0. The van der Waals surface area contributed by atoms with E-state index >= 15 is 0 Å². The molecule has 172 valence electrons. The van der Waals surface area contributed by atoms with Gasteiger partial charge in [-0.1, -0.05) is 12.1 Å². The molecule has 0 atom stereocenters. The number of amides is 2. The van der Waals surface area contributed by atoms with Crippen molar-refractivity contribution >= 4 is 46.6 Å². The maximum absolute atomic E-state index is 13.2. The second kappa shape index (κ2) is 8.56. The van der Waals surface area contributed by atoms with Crippen LogP contribution >= 0.6 is 12.2 Å². The minimum atomic E-state index is -4.64. The molecule has 0 unspecified atom stereocenters. The Bertz CT molecular complexity index is 1380. The summed E-state index contributed by atoms with van der Waals surface area (Å²) in [5, 5.41) is 13.0. The minimum Gasteiger partial charge on any atom is -0.317 e. The monoisotopic (exact) mass is 486 g/mol. The van der Waals surface area contributed by atoms with Crippen molar-refractivity contribution in [2.75, 3.05) is 4.90 Å². The van der Waals surface area contributed by atoms with Crippen LogP contribution in [0.25, 0.3) is 11.8 Å². The van der Waals surface area contributed by atoms with Gasteiger partial charge < -0.3 is 4.57 Å². The number of aromatic nitrogens is 1. The number of halogens is 3. The highest BCUT2D eigenvalue weighted by atomic mass is 32.1. The van der Waals surface area contributed by atoms with Gasteiger partial charge in [0.25, 0.3) is 17.5 Å². The fraction of sp³-hybridized carbons (Fsp3) is 0.0455. The van der Waals surface area contributed by atoms with Crippen molar-refractivity contribution in [2.45, 2.75) is 6.18 Å². The molecule has 8 nitrogen and oxygen atoms in total. The zero-order valence-electron chi connectivity index (χ0n) is 16.9. The van der Waals surface area contributed by atoms with Crippen LogP contribution in [0.5, 0.6) is 0 Å². The standard InChI is InChI=1S/C22H13F3N4O4S/c23-22(24,25)13-4-1-6-16(10-13)28-20(31)18(19(30)26-21(28)34)12-15-8-3-9-27(15)14-5-2-7-17(11-14)29(32)33/h1-12H,(H,26,30,34)/b18-12+. The molecule has 12 heteroatoms. The number of hydrogen-bond acceptors (Lipinski definition) is 5. The van der Waals surface area contributed by atoms with Crippen LogP contribution in [0.4, 0.5) is 24.5 Å². The highest BCUT2D eigenvalue weighted by molar-refractivity contribution is 7.80. The first-order chi connectivity index (χ1) is 16.1. The third-order valence-corrected chi connectivity index (χ3v) is 5.21. The summed E-state index contributed by atoms with van der Waals surface area (Å²) in [6.07, 6.45) is -1.83. The largest absolute Gasteiger partial charge is 0.416 e. The van der Waals surface area contributed by atoms with Crippen LogP contribution in [0.3, 0.4) is 0 Å². The SMILES string of the molecule is O=C1NC(=S)N(c2cccc(C(F)(F)F)c2)C(=O)/C1=C/c1cccn1-c1cccc([N+](=O)[O-])c1. The summed E-state index contributed by atoms with van der Waals surface area (Å²) in [6.45, 7) is 0. The number of carbonyl (C=O) groups excluding carboxylic acids is 2. The van der Waals surface area contributed by atoms with E-state index in [4.69, 9.17) is 12.2 Å². The van der Waals surface area contributed by atoms with E-state index in [-0.39, 0.29) is 22.1 Å². The summed E-state index contributed by atoms with van der Waals surface area (Å²) >= 11 is 5.04. The average molecular weight is 486 g/mol. The Kier molecular flexibility index (Phi) is 5.75. The van der Waals surface area contributed by atoms with Crippen LogP contribution in [-0.4, -0.2) is 26.4 Å². The fourth-order valence-corrected chi connectivity index (χ4v) is 3.65. The molecule has 2 amide bonds. The van der Waals surface area contributed by atoms with E-state index in [1.165, 1.54) is 34.9 Å². The van der Waals surface area contributed by atoms with E-state index in [1.54, 1.807) is 24.4 Å². The molecule has 0 saturated carbocycles. The predicted octanol–water partition coefficient (Wildman–Crippen LogP) is 4.24. The molecule has 4 rings (SSSR count). The molecule has 2 heterocycles. The second-order valence-corrected chi connectivity index (χ2v) is 7.47. The number of alkyl halides is 3. The van der Waals surface area contributed by atoms with Gasteiger partial charge in [-0.3, -0.25) is 29.9 Å². The summed E-state index contributed by atoms with van der Waals surface area (Å²) in [5.41, 5.74) is -0.947. The number of rotatable bonds is 4. The average Bonchev–Trinajstić information content (AvgIpc) is 3.24. The summed E-state index contributed by atoms with van der Waals surface area (Å²) in [4.78, 5) is 37.0. The number of nitrogens with one attached hydrogen (secondary N) is 1. The summed E-state index contributed by atoms with van der Waals surface area (Å²) < 4.78 is 40.9. The number of hydrogen-bond donors (Lipinski definition) is 1. The molecular formula is C22H13F3N4O4S. The van der Waals surface area contributed by atoms with E-state index < -0.39 is 28.5 Å². The van der Waals surface area contributed by atoms with Crippen molar-refractivity contribution in [3.8, 4) is 5.69 Å². The van der Waals surface area contributed by atoms with Crippen LogP contribution in [0, 0.1) is 10.1 Å². The molecule has 0 aliphatic carbocycles. The van der Waals surface area contributed by atoms with Gasteiger partial charge in [-0.05, 0) is 54.7 Å². The molecule has 1 aromatic heterocycles. The van der Waals surface area contributed by atoms with Crippen molar-refractivity contribution in [3.05, 3.63) is 93.8 Å². The van der Waals surface area contributed by atoms with Crippen molar-refractivity contribution in [3.63, 3.8) is 0 Å². The molecular weight excluding hydrogens is 473 g/mol. The Morgan fingerprint density at radius 3 is 2.41 bits per heavy atom. The predicted molar refractivity (Wildman–Crippen MR) is 120 cm³/mol. The van der Waals surface area contributed by atoms with Crippen LogP contribution in [0.15, 0.2) is 72.4 Å². The van der Waals surface area contributed by atoms with Crippen molar-refractivity contribution in [2.24, 2.45) is 0 Å². The molecule has 1 fully saturated rings. The normalized spacial score (nSPS) is 15.6. The number of anilines is 1. The van der Waals surface area contributed by atoms with Crippen LogP contribution in [-0.2, 0) is 15.8 Å². The van der Waals surface area contributed by atoms with Gasteiger partial charge in [-0.2, -0.15) is 13.2 Å². The van der Waals surface area contributed by atoms with Gasteiger partial charge in [0.2, 0.25) is 0 Å². The van der Waals surface area contributed by atoms with Gasteiger partial charge in [0.15, 0.2) is 5.11 Å². The summed E-state index contributed by atoms with van der Waals surface area (Å²) in [5.74, 6) is -1.75. The molecule has 1 saturated heterocycles. The van der Waals surface area contributed by atoms with Gasteiger partial charge in [0.1, 0.15) is 5.57 Å². The van der Waals surface area contributed by atoms with Gasteiger partial charge in [-0.25, -0.2) is 0 Å². The topological polar surface area (TPSA) is 97.5 Å². The quantitative estimate of drug-likeness (QED) is 0.196. The first-order valence-electron chi connectivity index (χ1n) is 9.57. The Morgan fingerprint density at radius 2 is 1.71 bits per heavy atom. The molecule has 0 spiro atoms. The Balaban J connectivity index is 1.75. The van der Waals surface area contributed by atoms with E-state index in [1.807, 2.05) is 0 Å². The zero-order chi connectivity index (χ0) is 24.6. The van der Waals surface area contributed by atoms with Gasteiger partial charge in [-0.15, -0.1) is 0 Å². The smallest absolute Gasteiger partial charge is 0.317 e. The molecule has 0 radical (unpaired) electrons. The molecule has 1 N–H and O–H groups in total. The molecule has 2 aromatic carbocycles. The maximum Gasteiger partial charge on any atom is 0.416 e. The van der Waals surface area contributed by atoms with Crippen LogP contribution < -0.4 is 10.2 Å². The van der Waals surface area contributed by atoms with Gasteiger partial charge >= 0.3 is 6.18 Å². The Morgan fingerprint density at radius 1 is 1.00 bits per heavy atom. The zero-order valence-corrected chi connectivity index (χ0v) is 17.8. The minimum absolute atomic E-state index is 0.155. The number of benzene rings is 2. The molecule has 1 aliphatic rings.